The molecule has 2 heterocycles. The number of rotatable bonds is 2. The van der Waals surface area contributed by atoms with E-state index in [2.05, 4.69) is 22.2 Å². The van der Waals surface area contributed by atoms with Gasteiger partial charge in [-0.3, -0.25) is 0 Å². The average molecular weight is 226 g/mol. The minimum absolute atomic E-state index is 0.517. The standard InChI is InChI=1S/C11H16ClN3/c1-8-5-11(13-6-10(8)12)14-9-3-4-15(2)7-9/h5-6,9H,3-4,7H2,1-2H3,(H,13,14)/t9-/m1/s1. The summed E-state index contributed by atoms with van der Waals surface area (Å²) in [5.41, 5.74) is 1.07. The van der Waals surface area contributed by atoms with Crippen molar-refractivity contribution in [3.63, 3.8) is 0 Å². The summed E-state index contributed by atoms with van der Waals surface area (Å²) in [4.78, 5) is 6.59. The van der Waals surface area contributed by atoms with E-state index in [4.69, 9.17) is 11.6 Å². The Morgan fingerprint density at radius 1 is 1.60 bits per heavy atom. The van der Waals surface area contributed by atoms with E-state index in [0.717, 1.165) is 29.5 Å². The van der Waals surface area contributed by atoms with Gasteiger partial charge in [0.15, 0.2) is 0 Å². The summed E-state index contributed by atoms with van der Waals surface area (Å²) >= 11 is 5.92. The molecule has 0 unspecified atom stereocenters. The highest BCUT2D eigenvalue weighted by atomic mass is 35.5. The number of halogens is 1. The van der Waals surface area contributed by atoms with Gasteiger partial charge in [0, 0.05) is 18.8 Å². The zero-order chi connectivity index (χ0) is 10.8. The molecule has 0 radical (unpaired) electrons. The smallest absolute Gasteiger partial charge is 0.126 e. The van der Waals surface area contributed by atoms with Gasteiger partial charge in [-0.05, 0) is 38.6 Å². The molecule has 1 fully saturated rings. The van der Waals surface area contributed by atoms with E-state index in [9.17, 15) is 0 Å². The Kier molecular flexibility index (Phi) is 3.12. The fourth-order valence-electron chi connectivity index (χ4n) is 1.88. The number of nitrogens with one attached hydrogen (secondary N) is 1. The van der Waals surface area contributed by atoms with Crippen LogP contribution in [0.2, 0.25) is 5.02 Å². The van der Waals surface area contributed by atoms with Crippen molar-refractivity contribution in [3.05, 3.63) is 22.8 Å². The van der Waals surface area contributed by atoms with Crippen LogP contribution in [0.3, 0.4) is 0 Å². The summed E-state index contributed by atoms with van der Waals surface area (Å²) in [5, 5.41) is 4.15. The Bertz CT molecular complexity index is 354. The molecule has 1 aliphatic heterocycles. The van der Waals surface area contributed by atoms with Crippen molar-refractivity contribution in [1.29, 1.82) is 0 Å². The van der Waals surface area contributed by atoms with Crippen LogP contribution in [0.5, 0.6) is 0 Å². The van der Waals surface area contributed by atoms with Crippen molar-refractivity contribution in [1.82, 2.24) is 9.88 Å². The van der Waals surface area contributed by atoms with Crippen LogP contribution in [0.25, 0.3) is 0 Å². The fraction of sp³-hybridized carbons (Fsp3) is 0.545. The maximum Gasteiger partial charge on any atom is 0.126 e. The number of likely N-dealkylation sites (N-methyl/N-ethyl adjacent to an activating group) is 1. The van der Waals surface area contributed by atoms with Crippen LogP contribution in [0.15, 0.2) is 12.3 Å². The normalized spacial score (nSPS) is 21.9. The lowest BCUT2D eigenvalue weighted by Crippen LogP contribution is -2.23. The van der Waals surface area contributed by atoms with Crippen LogP contribution in [0, 0.1) is 6.92 Å². The predicted molar refractivity (Wildman–Crippen MR) is 63.5 cm³/mol. The molecule has 3 nitrogen and oxygen atoms in total. The first-order valence-corrected chi connectivity index (χ1v) is 5.60. The number of anilines is 1. The van der Waals surface area contributed by atoms with Gasteiger partial charge < -0.3 is 10.2 Å². The molecule has 0 spiro atoms. The van der Waals surface area contributed by atoms with Gasteiger partial charge in [-0.1, -0.05) is 11.6 Å². The minimum Gasteiger partial charge on any atom is -0.366 e. The van der Waals surface area contributed by atoms with E-state index >= 15 is 0 Å². The number of aromatic nitrogens is 1. The average Bonchev–Trinajstić information content (AvgIpc) is 2.58. The predicted octanol–water partition coefficient (Wildman–Crippen LogP) is 2.16. The zero-order valence-corrected chi connectivity index (χ0v) is 9.88. The molecular weight excluding hydrogens is 210 g/mol. The molecule has 1 N–H and O–H groups in total. The van der Waals surface area contributed by atoms with E-state index in [1.54, 1.807) is 6.20 Å². The van der Waals surface area contributed by atoms with Crippen molar-refractivity contribution in [2.24, 2.45) is 0 Å². The lowest BCUT2D eigenvalue weighted by Gasteiger charge is -2.13. The SMILES string of the molecule is Cc1cc(N[C@@H]2CCN(C)C2)ncc1Cl. The third-order valence-corrected chi connectivity index (χ3v) is 3.19. The van der Waals surface area contributed by atoms with Crippen LogP contribution in [-0.4, -0.2) is 36.1 Å². The van der Waals surface area contributed by atoms with Crippen LogP contribution >= 0.6 is 11.6 Å². The Morgan fingerprint density at radius 3 is 3.00 bits per heavy atom. The first-order valence-electron chi connectivity index (χ1n) is 5.22. The summed E-state index contributed by atoms with van der Waals surface area (Å²) in [5.74, 6) is 0.928. The molecule has 82 valence electrons. The van der Waals surface area contributed by atoms with Gasteiger partial charge in [-0.2, -0.15) is 0 Å². The number of aryl methyl sites for hydroxylation is 1. The Balaban J connectivity index is 2.02. The van der Waals surface area contributed by atoms with Crippen LogP contribution in [0.4, 0.5) is 5.82 Å². The van der Waals surface area contributed by atoms with Crippen molar-refractivity contribution < 1.29 is 0 Å². The minimum atomic E-state index is 0.517. The number of hydrogen-bond donors (Lipinski definition) is 1. The first kappa shape index (κ1) is 10.7. The Morgan fingerprint density at radius 2 is 2.40 bits per heavy atom. The van der Waals surface area contributed by atoms with Gasteiger partial charge >= 0.3 is 0 Å². The molecular formula is C11H16ClN3. The molecule has 0 aliphatic carbocycles. The fourth-order valence-corrected chi connectivity index (χ4v) is 1.98. The van der Waals surface area contributed by atoms with Crippen LogP contribution < -0.4 is 5.32 Å². The molecule has 0 bridgehead atoms. The summed E-state index contributed by atoms with van der Waals surface area (Å²) in [7, 11) is 2.14. The second-order valence-corrected chi connectivity index (χ2v) is 4.62. The van der Waals surface area contributed by atoms with Gasteiger partial charge in [0.05, 0.1) is 5.02 Å². The maximum atomic E-state index is 5.92. The molecule has 0 aromatic carbocycles. The van der Waals surface area contributed by atoms with Crippen molar-refractivity contribution >= 4 is 17.4 Å². The molecule has 1 aromatic heterocycles. The highest BCUT2D eigenvalue weighted by Crippen LogP contribution is 2.18. The number of pyridine rings is 1. The topological polar surface area (TPSA) is 28.2 Å². The van der Waals surface area contributed by atoms with E-state index < -0.39 is 0 Å². The molecule has 1 saturated heterocycles. The molecule has 4 heteroatoms. The van der Waals surface area contributed by atoms with Crippen LogP contribution in [-0.2, 0) is 0 Å². The molecule has 1 aliphatic rings. The molecule has 0 amide bonds. The van der Waals surface area contributed by atoms with E-state index in [1.807, 2.05) is 13.0 Å². The number of nitrogens with zero attached hydrogens (tertiary/aromatic N) is 2. The molecule has 2 rings (SSSR count). The highest BCUT2D eigenvalue weighted by Gasteiger charge is 2.19. The lowest BCUT2D eigenvalue weighted by atomic mass is 10.2. The zero-order valence-electron chi connectivity index (χ0n) is 9.13. The van der Waals surface area contributed by atoms with Crippen LogP contribution in [0.1, 0.15) is 12.0 Å². The second-order valence-electron chi connectivity index (χ2n) is 4.21. The van der Waals surface area contributed by atoms with E-state index in [-0.39, 0.29) is 0 Å². The number of likely N-dealkylation sites (tertiary alicyclic amines) is 1. The van der Waals surface area contributed by atoms with Gasteiger partial charge in [-0.25, -0.2) is 4.98 Å². The Hall–Kier alpha value is -0.800. The second kappa shape index (κ2) is 4.37. The van der Waals surface area contributed by atoms with Gasteiger partial charge in [-0.15, -0.1) is 0 Å². The largest absolute Gasteiger partial charge is 0.366 e. The molecule has 1 atom stereocenters. The lowest BCUT2D eigenvalue weighted by molar-refractivity contribution is 0.414. The molecule has 15 heavy (non-hydrogen) atoms. The third kappa shape index (κ3) is 2.61. The van der Waals surface area contributed by atoms with Crippen molar-refractivity contribution in [3.8, 4) is 0 Å². The first-order chi connectivity index (χ1) is 7.15. The van der Waals surface area contributed by atoms with E-state index in [1.165, 1.54) is 6.42 Å². The summed E-state index contributed by atoms with van der Waals surface area (Å²) in [6.07, 6.45) is 2.89. The van der Waals surface area contributed by atoms with Gasteiger partial charge in [0.1, 0.15) is 5.82 Å². The van der Waals surface area contributed by atoms with Crippen molar-refractivity contribution in [2.45, 2.75) is 19.4 Å². The highest BCUT2D eigenvalue weighted by molar-refractivity contribution is 6.31. The van der Waals surface area contributed by atoms with Gasteiger partial charge in [0.2, 0.25) is 0 Å². The number of hydrogen-bond acceptors (Lipinski definition) is 3. The Labute approximate surface area is 95.4 Å². The maximum absolute atomic E-state index is 5.92. The monoisotopic (exact) mass is 225 g/mol. The van der Waals surface area contributed by atoms with E-state index in [0.29, 0.717) is 6.04 Å². The summed E-state index contributed by atoms with van der Waals surface area (Å²) < 4.78 is 0. The summed E-state index contributed by atoms with van der Waals surface area (Å²) in [6, 6.07) is 2.52. The molecule has 0 saturated carbocycles. The van der Waals surface area contributed by atoms with Gasteiger partial charge in [0.25, 0.3) is 0 Å². The summed E-state index contributed by atoms with van der Waals surface area (Å²) in [6.45, 7) is 4.24. The molecule has 1 aromatic rings. The quantitative estimate of drug-likeness (QED) is 0.836. The van der Waals surface area contributed by atoms with Crippen molar-refractivity contribution in [2.75, 3.05) is 25.5 Å². The third-order valence-electron chi connectivity index (χ3n) is 2.79.